The van der Waals surface area contributed by atoms with Crippen molar-refractivity contribution in [3.63, 3.8) is 0 Å². The number of nitrogens with zero attached hydrogens (tertiary/aromatic N) is 3. The van der Waals surface area contributed by atoms with Crippen molar-refractivity contribution in [2.75, 3.05) is 47.6 Å². The van der Waals surface area contributed by atoms with Crippen LogP contribution in [0.2, 0.25) is 0 Å². The fourth-order valence-corrected chi connectivity index (χ4v) is 5.07. The zero-order valence-corrected chi connectivity index (χ0v) is 21.9. The van der Waals surface area contributed by atoms with E-state index in [1.54, 1.807) is 39.2 Å². The molecule has 35 heavy (non-hydrogen) atoms. The maximum absolute atomic E-state index is 13.3. The van der Waals surface area contributed by atoms with Crippen LogP contribution in [0.3, 0.4) is 0 Å². The van der Waals surface area contributed by atoms with Gasteiger partial charge in [-0.15, -0.1) is 0 Å². The molecule has 2 aliphatic rings. The van der Waals surface area contributed by atoms with Crippen LogP contribution in [-0.2, 0) is 19.1 Å². The Morgan fingerprint density at radius 2 is 1.80 bits per heavy atom. The molecule has 0 N–H and O–H groups in total. The molecular weight excluding hydrogens is 470 g/mol. The van der Waals surface area contributed by atoms with Gasteiger partial charge in [0.2, 0.25) is 5.91 Å². The van der Waals surface area contributed by atoms with Gasteiger partial charge in [0.15, 0.2) is 16.7 Å². The van der Waals surface area contributed by atoms with E-state index in [1.807, 2.05) is 36.3 Å². The first-order valence-electron chi connectivity index (χ1n) is 11.5. The topological polar surface area (TPSA) is 89.9 Å². The predicted molar refractivity (Wildman–Crippen MR) is 135 cm³/mol. The van der Waals surface area contributed by atoms with E-state index < -0.39 is 12.0 Å². The van der Waals surface area contributed by atoms with Gasteiger partial charge in [-0.05, 0) is 43.9 Å². The summed E-state index contributed by atoms with van der Waals surface area (Å²) in [4.78, 5) is 34.7. The minimum absolute atomic E-state index is 0.0182. The van der Waals surface area contributed by atoms with Gasteiger partial charge in [0.1, 0.15) is 6.61 Å². The molecule has 1 atom stereocenters. The van der Waals surface area contributed by atoms with Crippen molar-refractivity contribution < 1.29 is 28.5 Å². The van der Waals surface area contributed by atoms with Crippen LogP contribution in [0.15, 0.2) is 45.6 Å². The largest absolute Gasteiger partial charge is 0.493 e. The Morgan fingerprint density at radius 1 is 1.09 bits per heavy atom. The Balaban J connectivity index is 2.06. The van der Waals surface area contributed by atoms with Crippen LogP contribution >= 0.6 is 11.8 Å². The number of fused-ring (bicyclic) bond motifs is 1. The second kappa shape index (κ2) is 12.1. The van der Waals surface area contributed by atoms with Crippen LogP contribution < -0.4 is 9.47 Å². The zero-order valence-electron chi connectivity index (χ0n) is 21.1. The molecule has 0 fully saturated rings. The fourth-order valence-electron chi connectivity index (χ4n) is 4.11. The summed E-state index contributed by atoms with van der Waals surface area (Å²) in [5.41, 5.74) is 2.54. The Bertz CT molecular complexity index is 1050. The molecular formula is C25H33N3O6S. The molecule has 0 aliphatic carbocycles. The minimum atomic E-state index is -0.553. The monoisotopic (exact) mass is 503 g/mol. The first-order valence-corrected chi connectivity index (χ1v) is 12.4. The van der Waals surface area contributed by atoms with E-state index in [4.69, 9.17) is 18.9 Å². The lowest BCUT2D eigenvalue weighted by molar-refractivity contribution is -0.141. The van der Waals surface area contributed by atoms with Gasteiger partial charge in [-0.3, -0.25) is 4.79 Å². The van der Waals surface area contributed by atoms with Gasteiger partial charge >= 0.3 is 5.97 Å². The summed E-state index contributed by atoms with van der Waals surface area (Å²) in [5.74, 6) is 0.655. The summed E-state index contributed by atoms with van der Waals surface area (Å²) in [6, 6.07) is 4.98. The van der Waals surface area contributed by atoms with Crippen molar-refractivity contribution in [1.29, 1.82) is 0 Å². The molecule has 10 heteroatoms. The van der Waals surface area contributed by atoms with Crippen LogP contribution in [0.1, 0.15) is 38.8 Å². The molecule has 2 aliphatic heterocycles. The number of allylic oxidation sites excluding steroid dienone is 1. The molecule has 1 aromatic carbocycles. The lowest BCUT2D eigenvalue weighted by Crippen LogP contribution is -2.39. The van der Waals surface area contributed by atoms with Crippen LogP contribution in [0.5, 0.6) is 11.5 Å². The molecule has 0 spiro atoms. The molecule has 0 radical (unpaired) electrons. The van der Waals surface area contributed by atoms with Crippen molar-refractivity contribution in [2.45, 2.75) is 33.2 Å². The lowest BCUT2D eigenvalue weighted by atomic mass is 9.93. The summed E-state index contributed by atoms with van der Waals surface area (Å²) in [7, 11) is 4.69. The standard InChI is InChI=1S/C25H33N3O6S/c1-7-27(8-2)21(29)14-18-15-35-25-26-16(3)22(24(30)34-12-11-31-4)23(28(18)25)17-9-10-19(32-5)20(13-17)33-6/h9-10,13,15,23H,7-8,11-12,14H2,1-6H3. The number of esters is 1. The second-order valence-corrected chi connectivity index (χ2v) is 8.72. The first-order chi connectivity index (χ1) is 16.9. The highest BCUT2D eigenvalue weighted by molar-refractivity contribution is 8.16. The van der Waals surface area contributed by atoms with E-state index in [-0.39, 0.29) is 25.5 Å². The SMILES string of the molecule is CCN(CC)C(=O)CC1=CSC2=NC(C)=C(C(=O)OCCOC)C(c3ccc(OC)c(OC)c3)N12. The molecule has 1 unspecified atom stereocenters. The Morgan fingerprint density at radius 3 is 2.43 bits per heavy atom. The molecule has 190 valence electrons. The van der Waals surface area contributed by atoms with Gasteiger partial charge in [0.25, 0.3) is 0 Å². The highest BCUT2D eigenvalue weighted by Gasteiger charge is 2.41. The molecule has 0 aromatic heterocycles. The van der Waals surface area contributed by atoms with Crippen molar-refractivity contribution >= 4 is 28.8 Å². The third-order valence-corrected chi connectivity index (χ3v) is 6.80. The molecule has 1 amide bonds. The van der Waals surface area contributed by atoms with Gasteiger partial charge in [-0.25, -0.2) is 9.79 Å². The van der Waals surface area contributed by atoms with Gasteiger partial charge in [-0.2, -0.15) is 0 Å². The molecule has 1 aromatic rings. The maximum atomic E-state index is 13.3. The lowest BCUT2D eigenvalue weighted by Gasteiger charge is -2.36. The van der Waals surface area contributed by atoms with Gasteiger partial charge in [0.05, 0.1) is 44.6 Å². The summed E-state index contributed by atoms with van der Waals surface area (Å²) in [5, 5.41) is 2.64. The number of hydrogen-bond donors (Lipinski definition) is 0. The Hall–Kier alpha value is -2.98. The molecule has 0 bridgehead atoms. The third-order valence-electron chi connectivity index (χ3n) is 5.91. The van der Waals surface area contributed by atoms with Gasteiger partial charge in [0, 0.05) is 25.9 Å². The van der Waals surface area contributed by atoms with Crippen LogP contribution in [0.25, 0.3) is 0 Å². The Kier molecular flexibility index (Phi) is 9.22. The number of amidine groups is 1. The highest BCUT2D eigenvalue weighted by Crippen LogP contribution is 2.46. The quantitative estimate of drug-likeness (QED) is 0.333. The average molecular weight is 504 g/mol. The van der Waals surface area contributed by atoms with E-state index in [0.29, 0.717) is 41.0 Å². The van der Waals surface area contributed by atoms with Gasteiger partial charge < -0.3 is 28.7 Å². The van der Waals surface area contributed by atoms with E-state index >= 15 is 0 Å². The fraction of sp³-hybridized carbons (Fsp3) is 0.480. The molecule has 0 saturated heterocycles. The number of carbonyl (C=O) groups is 2. The predicted octanol–water partition coefficient (Wildman–Crippen LogP) is 3.73. The number of thioether (sulfide) groups is 1. The number of methoxy groups -OCH3 is 3. The summed E-state index contributed by atoms with van der Waals surface area (Å²) < 4.78 is 21.5. The highest BCUT2D eigenvalue weighted by atomic mass is 32.2. The average Bonchev–Trinajstić information content (AvgIpc) is 3.25. The maximum Gasteiger partial charge on any atom is 0.338 e. The van der Waals surface area contributed by atoms with Crippen LogP contribution in [0.4, 0.5) is 0 Å². The number of carbonyl (C=O) groups excluding carboxylic acids is 2. The summed E-state index contributed by atoms with van der Waals surface area (Å²) in [6.07, 6.45) is 0.197. The number of ether oxygens (including phenoxy) is 4. The number of amides is 1. The second-order valence-electron chi connectivity index (χ2n) is 7.88. The summed E-state index contributed by atoms with van der Waals surface area (Å²) >= 11 is 1.44. The number of benzene rings is 1. The van der Waals surface area contributed by atoms with E-state index in [9.17, 15) is 9.59 Å². The van der Waals surface area contributed by atoms with Crippen molar-refractivity contribution in [1.82, 2.24) is 9.80 Å². The van der Waals surface area contributed by atoms with E-state index in [0.717, 1.165) is 11.3 Å². The van der Waals surface area contributed by atoms with Crippen molar-refractivity contribution in [3.8, 4) is 11.5 Å². The smallest absolute Gasteiger partial charge is 0.338 e. The van der Waals surface area contributed by atoms with E-state index in [1.165, 1.54) is 11.8 Å². The van der Waals surface area contributed by atoms with Crippen LogP contribution in [-0.4, -0.2) is 74.5 Å². The number of aliphatic imine (C=N–C) groups is 1. The van der Waals surface area contributed by atoms with Gasteiger partial charge in [-0.1, -0.05) is 17.8 Å². The van der Waals surface area contributed by atoms with Crippen LogP contribution in [0, 0.1) is 0 Å². The molecule has 3 rings (SSSR count). The summed E-state index contributed by atoms with van der Waals surface area (Å²) in [6.45, 7) is 7.39. The molecule has 0 saturated carbocycles. The minimum Gasteiger partial charge on any atom is -0.493 e. The first kappa shape index (κ1) is 26.6. The third kappa shape index (κ3) is 5.65. The molecule has 9 nitrogen and oxygen atoms in total. The number of hydrogen-bond acceptors (Lipinski definition) is 9. The zero-order chi connectivity index (χ0) is 25.5. The normalized spacial score (nSPS) is 17.0. The van der Waals surface area contributed by atoms with Crippen molar-refractivity contribution in [2.24, 2.45) is 4.99 Å². The molecule has 2 heterocycles. The van der Waals surface area contributed by atoms with Crippen molar-refractivity contribution in [3.05, 3.63) is 46.1 Å². The Labute approximate surface area is 210 Å². The number of rotatable bonds is 11. The van der Waals surface area contributed by atoms with E-state index in [2.05, 4.69) is 4.99 Å².